The first kappa shape index (κ1) is 20.0. The Labute approximate surface area is 169 Å². The molecule has 0 fully saturated rings. The average molecular weight is 411 g/mol. The number of ether oxygens (including phenoxy) is 1. The number of non-ortho nitro benzene ring substituents is 1. The summed E-state index contributed by atoms with van der Waals surface area (Å²) in [5.74, 6) is 0.113. The molecule has 0 spiro atoms. The fraction of sp³-hybridized carbons (Fsp3) is 0.100. The third kappa shape index (κ3) is 4.58. The summed E-state index contributed by atoms with van der Waals surface area (Å²) in [6.07, 6.45) is 2.89. The van der Waals surface area contributed by atoms with Crippen LogP contribution in [0.4, 0.5) is 11.4 Å². The van der Waals surface area contributed by atoms with Crippen LogP contribution in [0.25, 0.3) is 12.2 Å². The van der Waals surface area contributed by atoms with E-state index in [2.05, 4.69) is 5.32 Å². The topological polar surface area (TPSA) is 103 Å². The Hall–Kier alpha value is -3.72. The first-order valence-corrected chi connectivity index (χ1v) is 9.28. The molecule has 0 atom stereocenters. The average Bonchev–Trinajstić information content (AvgIpc) is 2.96. The van der Waals surface area contributed by atoms with Crippen molar-refractivity contribution < 1.29 is 14.5 Å². The molecule has 0 radical (unpaired) electrons. The van der Waals surface area contributed by atoms with E-state index >= 15 is 0 Å². The van der Waals surface area contributed by atoms with E-state index < -0.39 is 10.8 Å². The van der Waals surface area contributed by atoms with Gasteiger partial charge in [0, 0.05) is 25.3 Å². The van der Waals surface area contributed by atoms with Gasteiger partial charge in [0.2, 0.25) is 0 Å². The van der Waals surface area contributed by atoms with Crippen LogP contribution in [0.15, 0.2) is 53.3 Å². The number of nitro groups is 1. The molecule has 0 saturated carbocycles. The van der Waals surface area contributed by atoms with Gasteiger partial charge in [-0.2, -0.15) is 0 Å². The first-order valence-electron chi connectivity index (χ1n) is 8.47. The number of benzene rings is 2. The smallest absolute Gasteiger partial charge is 0.270 e. The number of nitro benzene ring substituents is 1. The molecule has 0 unspecified atom stereocenters. The quantitative estimate of drug-likeness (QED) is 0.508. The Balaban J connectivity index is 1.96. The molecule has 0 aliphatic heterocycles. The molecule has 0 saturated heterocycles. The number of thiazole rings is 1. The molecular formula is C20H17N3O5S. The Bertz CT molecular complexity index is 1260. The maximum atomic E-state index is 12.5. The number of rotatable bonds is 5. The minimum atomic E-state index is -0.495. The van der Waals surface area contributed by atoms with Gasteiger partial charge in [-0.3, -0.25) is 19.7 Å². The highest BCUT2D eigenvalue weighted by Gasteiger charge is 2.08. The Kier molecular flexibility index (Phi) is 5.89. The summed E-state index contributed by atoms with van der Waals surface area (Å²) >= 11 is 1.12. The van der Waals surface area contributed by atoms with Crippen LogP contribution in [0, 0.1) is 10.1 Å². The number of hydrogen-bond acceptors (Lipinski definition) is 6. The summed E-state index contributed by atoms with van der Waals surface area (Å²) in [6, 6.07) is 13.0. The zero-order valence-electron chi connectivity index (χ0n) is 15.6. The van der Waals surface area contributed by atoms with Gasteiger partial charge in [0.05, 0.1) is 22.3 Å². The zero-order chi connectivity index (χ0) is 21.0. The third-order valence-electron chi connectivity index (χ3n) is 4.06. The number of carbonyl (C=O) groups excluding carboxylic acids is 1. The van der Waals surface area contributed by atoms with Gasteiger partial charge in [-0.15, -0.1) is 11.3 Å². The van der Waals surface area contributed by atoms with E-state index in [1.807, 2.05) is 0 Å². The highest BCUT2D eigenvalue weighted by atomic mass is 32.1. The second kappa shape index (κ2) is 8.53. The van der Waals surface area contributed by atoms with Crippen molar-refractivity contribution in [1.29, 1.82) is 0 Å². The maximum Gasteiger partial charge on any atom is 0.270 e. The second-order valence-electron chi connectivity index (χ2n) is 6.00. The van der Waals surface area contributed by atoms with Gasteiger partial charge < -0.3 is 14.6 Å². The number of amides is 1. The van der Waals surface area contributed by atoms with Gasteiger partial charge in [-0.1, -0.05) is 24.3 Å². The number of hydrogen-bond donors (Lipinski definition) is 1. The van der Waals surface area contributed by atoms with Crippen molar-refractivity contribution in [1.82, 2.24) is 4.57 Å². The molecule has 2 aromatic carbocycles. The van der Waals surface area contributed by atoms with Crippen LogP contribution < -0.4 is 24.8 Å². The van der Waals surface area contributed by atoms with Gasteiger partial charge >= 0.3 is 0 Å². The molecule has 3 rings (SSSR count). The molecule has 0 aliphatic carbocycles. The molecule has 1 aromatic heterocycles. The number of carbonyl (C=O) groups is 1. The van der Waals surface area contributed by atoms with E-state index in [0.717, 1.165) is 11.3 Å². The standard InChI is InChI=1S/C20H17N3O5S/c1-22-19(12-18(24)21-15-8-3-4-9-16(15)28-2)29-17(20(22)25)11-13-6-5-7-14(10-13)23(26)27/h3-12H,1-2H3,(H,21,24)/b17-11-,19-12-. The maximum absolute atomic E-state index is 12.5. The lowest BCUT2D eigenvalue weighted by molar-refractivity contribution is -0.384. The molecule has 29 heavy (non-hydrogen) atoms. The highest BCUT2D eigenvalue weighted by Crippen LogP contribution is 2.22. The summed E-state index contributed by atoms with van der Waals surface area (Å²) in [7, 11) is 3.07. The molecule has 9 heteroatoms. The fourth-order valence-corrected chi connectivity index (χ4v) is 3.65. The Morgan fingerprint density at radius 3 is 2.72 bits per heavy atom. The zero-order valence-corrected chi connectivity index (χ0v) is 16.4. The molecule has 8 nitrogen and oxygen atoms in total. The minimum absolute atomic E-state index is 0.0601. The van der Waals surface area contributed by atoms with E-state index in [4.69, 9.17) is 4.74 Å². The molecule has 1 N–H and O–H groups in total. The van der Waals surface area contributed by atoms with E-state index in [-0.39, 0.29) is 11.2 Å². The SMILES string of the molecule is COc1ccccc1NC(=O)/C=c1\s/c(=C\c2cccc([N+](=O)[O-])c2)c(=O)n1C. The summed E-state index contributed by atoms with van der Waals surface area (Å²) in [6.45, 7) is 0. The monoisotopic (exact) mass is 411 g/mol. The lowest BCUT2D eigenvalue weighted by Crippen LogP contribution is -2.29. The Morgan fingerprint density at radius 1 is 1.24 bits per heavy atom. The number of aromatic nitrogens is 1. The molecule has 148 valence electrons. The number of anilines is 1. The van der Waals surface area contributed by atoms with Gasteiger partial charge in [0.1, 0.15) is 10.4 Å². The third-order valence-corrected chi connectivity index (χ3v) is 5.17. The van der Waals surface area contributed by atoms with Crippen LogP contribution in [-0.4, -0.2) is 22.5 Å². The lowest BCUT2D eigenvalue weighted by Gasteiger charge is -2.07. The first-order chi connectivity index (χ1) is 13.9. The van der Waals surface area contributed by atoms with Gasteiger partial charge in [0.25, 0.3) is 17.2 Å². The molecule has 1 heterocycles. The lowest BCUT2D eigenvalue weighted by atomic mass is 10.2. The van der Waals surface area contributed by atoms with E-state index in [1.54, 1.807) is 49.5 Å². The molecule has 1 amide bonds. The van der Waals surface area contributed by atoms with Crippen molar-refractivity contribution in [3.63, 3.8) is 0 Å². The van der Waals surface area contributed by atoms with E-state index in [9.17, 15) is 19.7 Å². The van der Waals surface area contributed by atoms with E-state index in [0.29, 0.717) is 26.2 Å². The van der Waals surface area contributed by atoms with Crippen molar-refractivity contribution in [2.24, 2.45) is 7.05 Å². The van der Waals surface area contributed by atoms with Gasteiger partial charge in [0.15, 0.2) is 0 Å². The van der Waals surface area contributed by atoms with Crippen LogP contribution in [0.1, 0.15) is 5.56 Å². The van der Waals surface area contributed by atoms with Crippen LogP contribution in [-0.2, 0) is 11.8 Å². The summed E-state index contributed by atoms with van der Waals surface area (Å²) in [5, 5.41) is 13.6. The Morgan fingerprint density at radius 2 is 2.00 bits per heavy atom. The fourth-order valence-electron chi connectivity index (χ4n) is 2.62. The van der Waals surface area contributed by atoms with Crippen molar-refractivity contribution in [2.45, 2.75) is 0 Å². The predicted molar refractivity (Wildman–Crippen MR) is 112 cm³/mol. The molecular weight excluding hydrogens is 394 g/mol. The normalized spacial score (nSPS) is 12.1. The van der Waals surface area contributed by atoms with Gasteiger partial charge in [-0.25, -0.2) is 0 Å². The molecule has 0 aliphatic rings. The van der Waals surface area contributed by atoms with Gasteiger partial charge in [-0.05, 0) is 23.8 Å². The summed E-state index contributed by atoms with van der Waals surface area (Å²) in [4.78, 5) is 35.3. The summed E-state index contributed by atoms with van der Waals surface area (Å²) in [5.41, 5.74) is 0.692. The van der Waals surface area contributed by atoms with Crippen LogP contribution in [0.5, 0.6) is 5.75 Å². The second-order valence-corrected chi connectivity index (χ2v) is 7.06. The molecule has 0 bridgehead atoms. The number of nitrogens with zero attached hydrogens (tertiary/aromatic N) is 2. The van der Waals surface area contributed by atoms with E-state index in [1.165, 1.54) is 29.9 Å². The summed E-state index contributed by atoms with van der Waals surface area (Å²) < 4.78 is 7.37. The van der Waals surface area contributed by atoms with Crippen LogP contribution >= 0.6 is 11.3 Å². The number of para-hydroxylation sites is 2. The number of methoxy groups -OCH3 is 1. The van der Waals surface area contributed by atoms with Crippen molar-refractivity contribution in [3.8, 4) is 5.75 Å². The van der Waals surface area contributed by atoms with Crippen LogP contribution in [0.2, 0.25) is 0 Å². The molecule has 3 aromatic rings. The van der Waals surface area contributed by atoms with Crippen molar-refractivity contribution in [3.05, 3.63) is 83.8 Å². The highest BCUT2D eigenvalue weighted by molar-refractivity contribution is 7.07. The van der Waals surface area contributed by atoms with Crippen LogP contribution in [0.3, 0.4) is 0 Å². The minimum Gasteiger partial charge on any atom is -0.495 e. The largest absolute Gasteiger partial charge is 0.495 e. The predicted octanol–water partition coefficient (Wildman–Crippen LogP) is 1.61. The van der Waals surface area contributed by atoms with Crippen molar-refractivity contribution >= 4 is 40.8 Å². The number of nitrogens with one attached hydrogen (secondary N) is 1. The van der Waals surface area contributed by atoms with Crippen molar-refractivity contribution in [2.75, 3.05) is 12.4 Å².